The number of carbonyl (C=O) groups excluding carboxylic acids is 3. The highest BCUT2D eigenvalue weighted by molar-refractivity contribution is 5.71. The Balaban J connectivity index is 3.99. The summed E-state index contributed by atoms with van der Waals surface area (Å²) in [4.78, 5) is 37.9. The van der Waals surface area contributed by atoms with E-state index in [0.717, 1.165) is 77.0 Å². The van der Waals surface area contributed by atoms with Crippen molar-refractivity contribution in [1.82, 2.24) is 0 Å². The molecule has 0 fully saturated rings. The molecule has 0 saturated heterocycles. The lowest BCUT2D eigenvalue weighted by molar-refractivity contribution is -0.167. The Hall–Kier alpha value is -2.63. The van der Waals surface area contributed by atoms with Crippen LogP contribution in [0.3, 0.4) is 0 Å². The zero-order valence-electron chi connectivity index (χ0n) is 46.8. The number of allylic oxidation sites excluding steroid dienone is 8. The monoisotopic (exact) mass is 981 g/mol. The molecule has 6 heteroatoms. The minimum Gasteiger partial charge on any atom is -0.462 e. The minimum atomic E-state index is -0.772. The summed E-state index contributed by atoms with van der Waals surface area (Å²) in [6.07, 6.45) is 73.0. The second-order valence-electron chi connectivity index (χ2n) is 20.6. The molecule has 0 aliphatic carbocycles. The Labute approximate surface area is 435 Å². The lowest BCUT2D eigenvalue weighted by Gasteiger charge is -2.18. The van der Waals surface area contributed by atoms with Crippen molar-refractivity contribution in [3.05, 3.63) is 48.6 Å². The van der Waals surface area contributed by atoms with E-state index in [1.807, 2.05) is 0 Å². The molecule has 0 aromatic carbocycles. The molecule has 0 N–H and O–H groups in total. The van der Waals surface area contributed by atoms with Crippen LogP contribution in [0.1, 0.15) is 323 Å². The number of hydrogen-bond acceptors (Lipinski definition) is 6. The van der Waals surface area contributed by atoms with Gasteiger partial charge in [-0.05, 0) is 83.5 Å². The predicted molar refractivity (Wildman–Crippen MR) is 302 cm³/mol. The van der Waals surface area contributed by atoms with Crippen molar-refractivity contribution in [2.24, 2.45) is 0 Å². The van der Waals surface area contributed by atoms with Crippen molar-refractivity contribution in [3.8, 4) is 0 Å². The molecule has 0 aromatic heterocycles. The topological polar surface area (TPSA) is 78.9 Å². The first-order chi connectivity index (χ1) is 34.5. The van der Waals surface area contributed by atoms with Gasteiger partial charge in [-0.15, -0.1) is 0 Å². The standard InChI is InChI=1S/C64H116O6/c1-4-7-10-13-16-18-20-22-24-25-26-27-28-29-30-31-32-33-34-35-36-37-38-39-41-42-44-46-48-51-54-57-63(66)69-60-61(59-68-62(65)56-53-50-15-12-9-6-3)70-64(67)58-55-52-49-47-45-43-40-23-21-19-17-14-11-8-5-2/h20,22-23,25-26,28-29,40,61H,4-19,21,24,27,30-39,41-60H2,1-3H3/b22-20-,26-25-,29-28-,40-23-. The zero-order valence-corrected chi connectivity index (χ0v) is 46.8. The van der Waals surface area contributed by atoms with Gasteiger partial charge in [0.15, 0.2) is 6.10 Å². The van der Waals surface area contributed by atoms with Crippen LogP contribution in [0.2, 0.25) is 0 Å². The summed E-state index contributed by atoms with van der Waals surface area (Å²) in [5.74, 6) is -0.878. The number of carbonyl (C=O) groups is 3. The van der Waals surface area contributed by atoms with Crippen LogP contribution >= 0.6 is 0 Å². The van der Waals surface area contributed by atoms with E-state index in [4.69, 9.17) is 14.2 Å². The fourth-order valence-electron chi connectivity index (χ4n) is 8.92. The van der Waals surface area contributed by atoms with E-state index in [-0.39, 0.29) is 31.1 Å². The molecule has 0 aliphatic rings. The van der Waals surface area contributed by atoms with Gasteiger partial charge in [-0.1, -0.05) is 268 Å². The summed E-state index contributed by atoms with van der Waals surface area (Å²) < 4.78 is 16.8. The van der Waals surface area contributed by atoms with Crippen molar-refractivity contribution in [3.63, 3.8) is 0 Å². The fourth-order valence-corrected chi connectivity index (χ4v) is 8.92. The first-order valence-corrected chi connectivity index (χ1v) is 30.6. The number of ether oxygens (including phenoxy) is 3. The van der Waals surface area contributed by atoms with Gasteiger partial charge in [-0.2, -0.15) is 0 Å². The highest BCUT2D eigenvalue weighted by Gasteiger charge is 2.19. The summed E-state index contributed by atoms with van der Waals surface area (Å²) in [6, 6.07) is 0. The maximum Gasteiger partial charge on any atom is 0.306 e. The van der Waals surface area contributed by atoms with E-state index < -0.39 is 6.10 Å². The summed E-state index contributed by atoms with van der Waals surface area (Å²) in [5, 5.41) is 0. The summed E-state index contributed by atoms with van der Waals surface area (Å²) >= 11 is 0. The highest BCUT2D eigenvalue weighted by Crippen LogP contribution is 2.16. The summed E-state index contributed by atoms with van der Waals surface area (Å²) in [7, 11) is 0. The maximum atomic E-state index is 12.8. The second-order valence-corrected chi connectivity index (χ2v) is 20.6. The summed E-state index contributed by atoms with van der Waals surface area (Å²) in [5.41, 5.74) is 0. The molecular formula is C64H116O6. The highest BCUT2D eigenvalue weighted by atomic mass is 16.6. The number of rotatable bonds is 56. The van der Waals surface area contributed by atoms with Gasteiger partial charge in [0, 0.05) is 19.3 Å². The molecule has 0 amide bonds. The molecule has 1 unspecified atom stereocenters. The van der Waals surface area contributed by atoms with Crippen molar-refractivity contribution in [1.29, 1.82) is 0 Å². The Bertz CT molecular complexity index is 1220. The Kier molecular flexibility index (Phi) is 56.7. The van der Waals surface area contributed by atoms with E-state index in [1.165, 1.54) is 205 Å². The van der Waals surface area contributed by atoms with Crippen LogP contribution < -0.4 is 0 Å². The molecule has 1 atom stereocenters. The van der Waals surface area contributed by atoms with E-state index >= 15 is 0 Å². The average Bonchev–Trinajstić information content (AvgIpc) is 3.36. The van der Waals surface area contributed by atoms with Gasteiger partial charge < -0.3 is 14.2 Å². The van der Waals surface area contributed by atoms with Gasteiger partial charge >= 0.3 is 17.9 Å². The zero-order chi connectivity index (χ0) is 50.7. The largest absolute Gasteiger partial charge is 0.462 e. The third-order valence-corrected chi connectivity index (χ3v) is 13.6. The fraction of sp³-hybridized carbons (Fsp3) is 0.828. The van der Waals surface area contributed by atoms with Crippen LogP contribution in [0.4, 0.5) is 0 Å². The van der Waals surface area contributed by atoms with Gasteiger partial charge in [-0.25, -0.2) is 0 Å². The smallest absolute Gasteiger partial charge is 0.306 e. The molecule has 0 rings (SSSR count). The van der Waals surface area contributed by atoms with Gasteiger partial charge in [0.2, 0.25) is 0 Å². The molecule has 0 aliphatic heterocycles. The average molecular weight is 982 g/mol. The first kappa shape index (κ1) is 67.4. The van der Waals surface area contributed by atoms with Gasteiger partial charge in [0.1, 0.15) is 13.2 Å². The normalized spacial score (nSPS) is 12.3. The first-order valence-electron chi connectivity index (χ1n) is 30.6. The maximum absolute atomic E-state index is 12.8. The van der Waals surface area contributed by atoms with Gasteiger partial charge in [0.05, 0.1) is 0 Å². The number of hydrogen-bond donors (Lipinski definition) is 0. The van der Waals surface area contributed by atoms with E-state index in [0.29, 0.717) is 19.3 Å². The van der Waals surface area contributed by atoms with E-state index in [2.05, 4.69) is 69.4 Å². The Morgan fingerprint density at radius 2 is 0.514 bits per heavy atom. The molecule has 70 heavy (non-hydrogen) atoms. The Morgan fingerprint density at radius 1 is 0.286 bits per heavy atom. The molecule has 0 saturated carbocycles. The molecule has 0 radical (unpaired) electrons. The van der Waals surface area contributed by atoms with Crippen LogP contribution in [-0.4, -0.2) is 37.2 Å². The quantitative estimate of drug-likeness (QED) is 0.0261. The molecule has 0 aromatic rings. The third kappa shape index (κ3) is 56.3. The van der Waals surface area contributed by atoms with Crippen LogP contribution in [0.15, 0.2) is 48.6 Å². The van der Waals surface area contributed by atoms with Crippen molar-refractivity contribution in [2.45, 2.75) is 329 Å². The van der Waals surface area contributed by atoms with Gasteiger partial charge in [-0.3, -0.25) is 14.4 Å². The van der Waals surface area contributed by atoms with Crippen molar-refractivity contribution in [2.75, 3.05) is 13.2 Å². The van der Waals surface area contributed by atoms with Crippen LogP contribution in [-0.2, 0) is 28.6 Å². The summed E-state index contributed by atoms with van der Waals surface area (Å²) in [6.45, 7) is 6.59. The van der Waals surface area contributed by atoms with Crippen LogP contribution in [0.5, 0.6) is 0 Å². The molecule has 0 heterocycles. The molecular weight excluding hydrogens is 865 g/mol. The number of esters is 3. The molecule has 6 nitrogen and oxygen atoms in total. The van der Waals surface area contributed by atoms with Crippen LogP contribution in [0.25, 0.3) is 0 Å². The third-order valence-electron chi connectivity index (χ3n) is 13.6. The van der Waals surface area contributed by atoms with E-state index in [9.17, 15) is 14.4 Å². The lowest BCUT2D eigenvalue weighted by atomic mass is 10.0. The van der Waals surface area contributed by atoms with Crippen molar-refractivity contribution < 1.29 is 28.6 Å². The minimum absolute atomic E-state index is 0.0733. The molecule has 0 bridgehead atoms. The van der Waals surface area contributed by atoms with Crippen molar-refractivity contribution >= 4 is 17.9 Å². The molecule has 408 valence electrons. The van der Waals surface area contributed by atoms with Gasteiger partial charge in [0.25, 0.3) is 0 Å². The lowest BCUT2D eigenvalue weighted by Crippen LogP contribution is -2.30. The molecule has 0 spiro atoms. The predicted octanol–water partition coefficient (Wildman–Crippen LogP) is 20.6. The van der Waals surface area contributed by atoms with E-state index in [1.54, 1.807) is 0 Å². The van der Waals surface area contributed by atoms with Crippen LogP contribution in [0, 0.1) is 0 Å². The SMILES string of the molecule is CCCCCCC/C=C\C/C=C\C/C=C\CCCCCCCCCCCCCCCCCCC(=O)OCC(COC(=O)CCCCCCCC)OC(=O)CCCCCCC/C=C\CCCCCCCC. The second kappa shape index (κ2) is 58.9. The number of unbranched alkanes of at least 4 members (excludes halogenated alkanes) is 37. The Morgan fingerprint density at radius 3 is 0.814 bits per heavy atom.